The van der Waals surface area contributed by atoms with Gasteiger partial charge in [0.05, 0.1) is 0 Å². The first kappa shape index (κ1) is 13.0. The number of nitrogens with one attached hydrogen (secondary N) is 2. The molecule has 0 saturated carbocycles. The molecule has 0 saturated heterocycles. The van der Waals surface area contributed by atoms with Gasteiger partial charge in [-0.2, -0.15) is 0 Å². The lowest BCUT2D eigenvalue weighted by Crippen LogP contribution is -2.13. The van der Waals surface area contributed by atoms with Crippen molar-refractivity contribution in [2.45, 2.75) is 13.3 Å². The average molecular weight is 287 g/mol. The summed E-state index contributed by atoms with van der Waals surface area (Å²) in [6.45, 7) is 2.86. The highest BCUT2D eigenvalue weighted by molar-refractivity contribution is 6.31. The van der Waals surface area contributed by atoms with Gasteiger partial charge >= 0.3 is 0 Å². The third kappa shape index (κ3) is 2.49. The summed E-state index contributed by atoms with van der Waals surface area (Å²) in [5.41, 5.74) is 4.73. The number of amides is 1. The number of benzene rings is 2. The second-order valence-electron chi connectivity index (χ2n) is 4.96. The van der Waals surface area contributed by atoms with Crippen LogP contribution in [0.4, 0.5) is 11.4 Å². The van der Waals surface area contributed by atoms with Crippen molar-refractivity contribution in [1.82, 2.24) is 0 Å². The molecule has 1 amide bonds. The standard InChI is InChI=1S/C16H15ClN2O/c1-10-2-3-12(17)9-14(10)16(20)19-13-4-5-15-11(8-13)6-7-18-15/h2-5,8-9,18H,6-7H2,1H3,(H,19,20). The molecule has 1 aliphatic rings. The Morgan fingerprint density at radius 2 is 2.10 bits per heavy atom. The van der Waals surface area contributed by atoms with Gasteiger partial charge in [-0.15, -0.1) is 0 Å². The summed E-state index contributed by atoms with van der Waals surface area (Å²) in [4.78, 5) is 12.3. The summed E-state index contributed by atoms with van der Waals surface area (Å²) < 4.78 is 0. The molecule has 0 spiro atoms. The SMILES string of the molecule is Cc1ccc(Cl)cc1C(=O)Nc1ccc2c(c1)CCN2. The first-order chi connectivity index (χ1) is 9.63. The van der Waals surface area contributed by atoms with Crippen molar-refractivity contribution in [1.29, 1.82) is 0 Å². The fourth-order valence-corrected chi connectivity index (χ4v) is 2.59. The lowest BCUT2D eigenvalue weighted by Gasteiger charge is -2.09. The maximum absolute atomic E-state index is 12.3. The molecule has 20 heavy (non-hydrogen) atoms. The molecule has 0 bridgehead atoms. The summed E-state index contributed by atoms with van der Waals surface area (Å²) in [7, 11) is 0. The largest absolute Gasteiger partial charge is 0.384 e. The third-order valence-corrected chi connectivity index (χ3v) is 3.75. The average Bonchev–Trinajstić information content (AvgIpc) is 2.89. The minimum absolute atomic E-state index is 0.129. The van der Waals surface area contributed by atoms with Crippen molar-refractivity contribution in [3.8, 4) is 0 Å². The van der Waals surface area contributed by atoms with Crippen molar-refractivity contribution in [2.24, 2.45) is 0 Å². The second-order valence-corrected chi connectivity index (χ2v) is 5.40. The van der Waals surface area contributed by atoms with Crippen LogP contribution >= 0.6 is 11.6 Å². The Morgan fingerprint density at radius 3 is 2.95 bits per heavy atom. The van der Waals surface area contributed by atoms with E-state index in [4.69, 9.17) is 11.6 Å². The molecule has 0 atom stereocenters. The van der Waals surface area contributed by atoms with Crippen LogP contribution in [-0.2, 0) is 6.42 Å². The molecule has 102 valence electrons. The van der Waals surface area contributed by atoms with E-state index in [0.717, 1.165) is 29.9 Å². The fraction of sp³-hybridized carbons (Fsp3) is 0.188. The van der Waals surface area contributed by atoms with Crippen molar-refractivity contribution in [2.75, 3.05) is 17.2 Å². The quantitative estimate of drug-likeness (QED) is 0.880. The Balaban J connectivity index is 1.84. The van der Waals surface area contributed by atoms with Gasteiger partial charge in [0.15, 0.2) is 0 Å². The first-order valence-corrected chi connectivity index (χ1v) is 6.95. The zero-order valence-corrected chi connectivity index (χ0v) is 11.9. The first-order valence-electron chi connectivity index (χ1n) is 6.58. The Hall–Kier alpha value is -2.00. The number of anilines is 2. The van der Waals surface area contributed by atoms with Gasteiger partial charge < -0.3 is 10.6 Å². The second kappa shape index (κ2) is 5.17. The van der Waals surface area contributed by atoms with Gasteiger partial charge in [-0.1, -0.05) is 17.7 Å². The minimum atomic E-state index is -0.129. The molecule has 2 aromatic rings. The lowest BCUT2D eigenvalue weighted by atomic mass is 10.1. The lowest BCUT2D eigenvalue weighted by molar-refractivity contribution is 0.102. The molecular formula is C16H15ClN2O. The Morgan fingerprint density at radius 1 is 1.25 bits per heavy atom. The number of rotatable bonds is 2. The molecule has 3 rings (SSSR count). The third-order valence-electron chi connectivity index (χ3n) is 3.52. The Labute approximate surface area is 123 Å². The number of carbonyl (C=O) groups excluding carboxylic acids is 1. The van der Waals surface area contributed by atoms with Gasteiger partial charge in [0.2, 0.25) is 0 Å². The zero-order chi connectivity index (χ0) is 14.1. The molecule has 0 aromatic heterocycles. The maximum Gasteiger partial charge on any atom is 0.255 e. The van der Waals surface area contributed by atoms with E-state index >= 15 is 0 Å². The van der Waals surface area contributed by atoms with Gasteiger partial charge in [0.25, 0.3) is 5.91 Å². The van der Waals surface area contributed by atoms with Crippen LogP contribution in [-0.4, -0.2) is 12.5 Å². The van der Waals surface area contributed by atoms with Crippen molar-refractivity contribution in [3.63, 3.8) is 0 Å². The molecule has 1 heterocycles. The van der Waals surface area contributed by atoms with E-state index in [1.165, 1.54) is 5.56 Å². The van der Waals surface area contributed by atoms with E-state index in [1.54, 1.807) is 12.1 Å². The fourth-order valence-electron chi connectivity index (χ4n) is 2.42. The van der Waals surface area contributed by atoms with E-state index in [0.29, 0.717) is 10.6 Å². The number of hydrogen-bond acceptors (Lipinski definition) is 2. The van der Waals surface area contributed by atoms with Crippen LogP contribution in [0.25, 0.3) is 0 Å². The molecule has 0 radical (unpaired) electrons. The zero-order valence-electron chi connectivity index (χ0n) is 11.2. The van der Waals surface area contributed by atoms with Gasteiger partial charge in [-0.05, 0) is 54.8 Å². The topological polar surface area (TPSA) is 41.1 Å². The van der Waals surface area contributed by atoms with Crippen LogP contribution in [0.3, 0.4) is 0 Å². The minimum Gasteiger partial charge on any atom is -0.384 e. The van der Waals surface area contributed by atoms with Gasteiger partial charge in [0.1, 0.15) is 0 Å². The molecule has 0 unspecified atom stereocenters. The molecule has 4 heteroatoms. The normalized spacial score (nSPS) is 12.7. The van der Waals surface area contributed by atoms with Crippen LogP contribution in [0.1, 0.15) is 21.5 Å². The molecule has 1 aliphatic heterocycles. The number of halogens is 1. The summed E-state index contributed by atoms with van der Waals surface area (Å²) >= 11 is 5.95. The summed E-state index contributed by atoms with van der Waals surface area (Å²) in [6, 6.07) is 11.3. The summed E-state index contributed by atoms with van der Waals surface area (Å²) in [5, 5.41) is 6.80. The van der Waals surface area contributed by atoms with Crippen LogP contribution in [0.2, 0.25) is 5.02 Å². The number of aryl methyl sites for hydroxylation is 1. The Kier molecular flexibility index (Phi) is 3.36. The van der Waals surface area contributed by atoms with E-state index in [2.05, 4.69) is 10.6 Å². The summed E-state index contributed by atoms with van der Waals surface area (Å²) in [5.74, 6) is -0.129. The van der Waals surface area contributed by atoms with Crippen molar-refractivity contribution in [3.05, 3.63) is 58.1 Å². The smallest absolute Gasteiger partial charge is 0.255 e. The van der Waals surface area contributed by atoms with E-state index in [1.807, 2.05) is 31.2 Å². The van der Waals surface area contributed by atoms with Gasteiger partial charge in [-0.3, -0.25) is 4.79 Å². The predicted molar refractivity (Wildman–Crippen MR) is 82.8 cm³/mol. The molecular weight excluding hydrogens is 272 g/mol. The molecule has 3 nitrogen and oxygen atoms in total. The molecule has 2 aromatic carbocycles. The van der Waals surface area contributed by atoms with Crippen LogP contribution in [0, 0.1) is 6.92 Å². The number of carbonyl (C=O) groups is 1. The van der Waals surface area contributed by atoms with E-state index in [9.17, 15) is 4.79 Å². The highest BCUT2D eigenvalue weighted by Gasteiger charge is 2.13. The molecule has 2 N–H and O–H groups in total. The highest BCUT2D eigenvalue weighted by Crippen LogP contribution is 2.26. The molecule has 0 aliphatic carbocycles. The monoisotopic (exact) mass is 286 g/mol. The van der Waals surface area contributed by atoms with Crippen LogP contribution in [0.5, 0.6) is 0 Å². The Bertz CT molecular complexity index is 682. The van der Waals surface area contributed by atoms with Gasteiger partial charge in [0, 0.05) is 28.5 Å². The maximum atomic E-state index is 12.3. The molecule has 0 fully saturated rings. The van der Waals surface area contributed by atoms with Crippen molar-refractivity contribution >= 4 is 28.9 Å². The predicted octanol–water partition coefficient (Wildman–Crippen LogP) is 3.87. The number of fused-ring (bicyclic) bond motifs is 1. The van der Waals surface area contributed by atoms with E-state index in [-0.39, 0.29) is 5.91 Å². The van der Waals surface area contributed by atoms with Crippen LogP contribution in [0.15, 0.2) is 36.4 Å². The van der Waals surface area contributed by atoms with Gasteiger partial charge in [-0.25, -0.2) is 0 Å². The number of hydrogen-bond donors (Lipinski definition) is 2. The van der Waals surface area contributed by atoms with Crippen LogP contribution < -0.4 is 10.6 Å². The summed E-state index contributed by atoms with van der Waals surface area (Å²) in [6.07, 6.45) is 0.995. The highest BCUT2D eigenvalue weighted by atomic mass is 35.5. The van der Waals surface area contributed by atoms with E-state index < -0.39 is 0 Å². The van der Waals surface area contributed by atoms with Crippen molar-refractivity contribution < 1.29 is 4.79 Å².